The van der Waals surface area contributed by atoms with Gasteiger partial charge in [0.05, 0.1) is 12.5 Å². The van der Waals surface area contributed by atoms with E-state index in [4.69, 9.17) is 4.74 Å². The second kappa shape index (κ2) is 2.22. The van der Waals surface area contributed by atoms with Gasteiger partial charge < -0.3 is 4.74 Å². The quantitative estimate of drug-likeness (QED) is 0.486. The zero-order chi connectivity index (χ0) is 7.84. The van der Waals surface area contributed by atoms with Crippen molar-refractivity contribution in [2.75, 3.05) is 6.61 Å². The highest BCUT2D eigenvalue weighted by Gasteiger charge is 2.36. The number of hydrogen-bond donors (Lipinski definition) is 0. The summed E-state index contributed by atoms with van der Waals surface area (Å²) >= 11 is 0. The van der Waals surface area contributed by atoms with E-state index < -0.39 is 0 Å². The van der Waals surface area contributed by atoms with E-state index in [0.29, 0.717) is 12.5 Å². The van der Waals surface area contributed by atoms with Crippen molar-refractivity contribution in [1.29, 1.82) is 0 Å². The molecular weight excluding hydrogens is 140 g/mol. The minimum absolute atomic E-state index is 0.000000000000000222. The summed E-state index contributed by atoms with van der Waals surface area (Å²) in [4.78, 5) is 11.1. The molecule has 1 saturated heterocycles. The van der Waals surface area contributed by atoms with Crippen LogP contribution in [0.25, 0.3) is 0 Å². The first kappa shape index (κ1) is 6.65. The Bertz CT molecular complexity index is 250. The lowest BCUT2D eigenvalue weighted by Gasteiger charge is -2.14. The highest BCUT2D eigenvalue weighted by atomic mass is 16.5. The van der Waals surface area contributed by atoms with Crippen LogP contribution in [0.3, 0.4) is 0 Å². The minimum Gasteiger partial charge on any atom is -0.465 e. The van der Waals surface area contributed by atoms with Gasteiger partial charge in [0.2, 0.25) is 0 Å². The Kier molecular flexibility index (Phi) is 1.34. The number of carbonyl (C=O) groups excluding carboxylic acids is 1. The summed E-state index contributed by atoms with van der Waals surface area (Å²) < 4.78 is 4.94. The first-order chi connectivity index (χ1) is 5.29. The molecule has 58 valence electrons. The maximum Gasteiger partial charge on any atom is 0.313 e. The zero-order valence-corrected chi connectivity index (χ0v) is 6.41. The highest BCUT2D eigenvalue weighted by Crippen LogP contribution is 2.32. The Hall–Kier alpha value is -1.05. The van der Waals surface area contributed by atoms with Crippen LogP contribution in [-0.2, 0) is 9.53 Å². The van der Waals surface area contributed by atoms with Crippen molar-refractivity contribution in [3.8, 4) is 0 Å². The highest BCUT2D eigenvalue weighted by molar-refractivity contribution is 5.78. The molecule has 2 nitrogen and oxygen atoms in total. The third-order valence-electron chi connectivity index (χ3n) is 2.37. The summed E-state index contributed by atoms with van der Waals surface area (Å²) in [6, 6.07) is 0. The molecule has 0 aromatic carbocycles. The van der Waals surface area contributed by atoms with Gasteiger partial charge in [0.1, 0.15) is 0 Å². The predicted octanol–water partition coefficient (Wildman–Crippen LogP) is 1.29. The molecule has 2 unspecified atom stereocenters. The van der Waals surface area contributed by atoms with E-state index in [2.05, 4.69) is 0 Å². The molecule has 0 saturated carbocycles. The molecule has 0 N–H and O–H groups in total. The normalized spacial score (nSPS) is 34.6. The lowest BCUT2D eigenvalue weighted by Crippen LogP contribution is -2.16. The fourth-order valence-electron chi connectivity index (χ4n) is 1.61. The van der Waals surface area contributed by atoms with Gasteiger partial charge in [0.15, 0.2) is 0 Å². The molecule has 2 aliphatic rings. The fourth-order valence-corrected chi connectivity index (χ4v) is 1.61. The maximum atomic E-state index is 11.1. The van der Waals surface area contributed by atoms with E-state index in [1.807, 2.05) is 25.2 Å². The number of fused-ring (bicyclic) bond motifs is 1. The number of allylic oxidation sites excluding steroid dienone is 2. The number of carbonyl (C=O) groups is 1. The minimum atomic E-state index is -0.0706. The molecule has 1 aliphatic carbocycles. The maximum absolute atomic E-state index is 11.1. The molecule has 0 amide bonds. The van der Waals surface area contributed by atoms with E-state index in [9.17, 15) is 4.79 Å². The molecule has 2 rings (SSSR count). The van der Waals surface area contributed by atoms with Crippen LogP contribution in [-0.4, -0.2) is 12.6 Å². The van der Waals surface area contributed by atoms with Gasteiger partial charge in [-0.3, -0.25) is 4.79 Å². The van der Waals surface area contributed by atoms with E-state index in [-0.39, 0.29) is 11.9 Å². The first-order valence-electron chi connectivity index (χ1n) is 3.80. The predicted molar refractivity (Wildman–Crippen MR) is 40.8 cm³/mol. The molecule has 1 fully saturated rings. The number of hydrogen-bond acceptors (Lipinski definition) is 2. The van der Waals surface area contributed by atoms with E-state index in [1.165, 1.54) is 5.57 Å². The first-order valence-corrected chi connectivity index (χ1v) is 3.80. The SMILES string of the molecule is CC1=CC=CC2C(=O)OCC12. The van der Waals surface area contributed by atoms with Gasteiger partial charge in [-0.25, -0.2) is 0 Å². The summed E-state index contributed by atoms with van der Waals surface area (Å²) in [5.74, 6) is 0.242. The summed E-state index contributed by atoms with van der Waals surface area (Å²) in [6.45, 7) is 2.61. The largest absolute Gasteiger partial charge is 0.465 e. The Balaban J connectivity index is 2.31. The van der Waals surface area contributed by atoms with Crippen molar-refractivity contribution in [1.82, 2.24) is 0 Å². The fraction of sp³-hybridized carbons (Fsp3) is 0.444. The van der Waals surface area contributed by atoms with Crippen LogP contribution < -0.4 is 0 Å². The molecule has 0 radical (unpaired) electrons. The van der Waals surface area contributed by atoms with Gasteiger partial charge in [-0.05, 0) is 6.92 Å². The zero-order valence-electron chi connectivity index (χ0n) is 6.41. The Morgan fingerprint density at radius 3 is 3.18 bits per heavy atom. The summed E-state index contributed by atoms with van der Waals surface area (Å²) in [5, 5.41) is 0. The number of esters is 1. The van der Waals surface area contributed by atoms with Crippen molar-refractivity contribution < 1.29 is 9.53 Å². The van der Waals surface area contributed by atoms with E-state index in [1.54, 1.807) is 0 Å². The van der Waals surface area contributed by atoms with Crippen LogP contribution in [0.15, 0.2) is 23.8 Å². The van der Waals surface area contributed by atoms with Crippen molar-refractivity contribution in [2.24, 2.45) is 11.8 Å². The monoisotopic (exact) mass is 150 g/mol. The van der Waals surface area contributed by atoms with Crippen LogP contribution >= 0.6 is 0 Å². The van der Waals surface area contributed by atoms with Gasteiger partial charge in [-0.2, -0.15) is 0 Å². The van der Waals surface area contributed by atoms with Crippen molar-refractivity contribution in [3.05, 3.63) is 23.8 Å². The third kappa shape index (κ3) is 0.897. The molecule has 0 aromatic rings. The number of rotatable bonds is 0. The summed E-state index contributed by atoms with van der Waals surface area (Å²) in [7, 11) is 0. The lowest BCUT2D eigenvalue weighted by molar-refractivity contribution is -0.140. The van der Waals surface area contributed by atoms with Crippen molar-refractivity contribution >= 4 is 5.97 Å². The van der Waals surface area contributed by atoms with Crippen LogP contribution in [0.5, 0.6) is 0 Å². The Morgan fingerprint density at radius 2 is 2.45 bits per heavy atom. The molecule has 2 atom stereocenters. The van der Waals surface area contributed by atoms with Gasteiger partial charge in [0.25, 0.3) is 0 Å². The average molecular weight is 150 g/mol. The molecule has 11 heavy (non-hydrogen) atoms. The van der Waals surface area contributed by atoms with Gasteiger partial charge in [0, 0.05) is 5.92 Å². The topological polar surface area (TPSA) is 26.3 Å². The second-order valence-electron chi connectivity index (χ2n) is 3.06. The third-order valence-corrected chi connectivity index (χ3v) is 2.37. The lowest BCUT2D eigenvalue weighted by atomic mass is 9.85. The van der Waals surface area contributed by atoms with Gasteiger partial charge in [-0.1, -0.05) is 23.8 Å². The Labute approximate surface area is 65.5 Å². The van der Waals surface area contributed by atoms with E-state index >= 15 is 0 Å². The van der Waals surface area contributed by atoms with Gasteiger partial charge >= 0.3 is 5.97 Å². The molecule has 0 bridgehead atoms. The van der Waals surface area contributed by atoms with Crippen LogP contribution in [0, 0.1) is 11.8 Å². The molecule has 1 heterocycles. The standard InChI is InChI=1S/C9H10O2/c1-6-3-2-4-7-8(6)5-11-9(7)10/h2-4,7-8H,5H2,1H3. The smallest absolute Gasteiger partial charge is 0.313 e. The van der Waals surface area contributed by atoms with Gasteiger partial charge in [-0.15, -0.1) is 0 Å². The Morgan fingerprint density at radius 1 is 1.64 bits per heavy atom. The van der Waals surface area contributed by atoms with Crippen LogP contribution in [0.2, 0.25) is 0 Å². The molecule has 2 heteroatoms. The second-order valence-corrected chi connectivity index (χ2v) is 3.06. The summed E-state index contributed by atoms with van der Waals surface area (Å²) in [5.41, 5.74) is 1.25. The molecule has 0 aromatic heterocycles. The average Bonchev–Trinajstić information content (AvgIpc) is 2.35. The molecule has 1 aliphatic heterocycles. The molecular formula is C9H10O2. The summed E-state index contributed by atoms with van der Waals surface area (Å²) in [6.07, 6.45) is 5.90. The van der Waals surface area contributed by atoms with Crippen LogP contribution in [0.1, 0.15) is 6.92 Å². The van der Waals surface area contributed by atoms with E-state index in [0.717, 1.165) is 0 Å². The van der Waals surface area contributed by atoms with Crippen LogP contribution in [0.4, 0.5) is 0 Å². The number of ether oxygens (including phenoxy) is 1. The molecule has 0 spiro atoms. The van der Waals surface area contributed by atoms with Crippen molar-refractivity contribution in [2.45, 2.75) is 6.92 Å². The van der Waals surface area contributed by atoms with Crippen molar-refractivity contribution in [3.63, 3.8) is 0 Å². The number of cyclic esters (lactones) is 1.